The molecule has 2 atom stereocenters. The summed E-state index contributed by atoms with van der Waals surface area (Å²) in [5, 5.41) is 15.1. The largest absolute Gasteiger partial charge is 0.390 e. The van der Waals surface area contributed by atoms with Gasteiger partial charge in [0.1, 0.15) is 0 Å². The minimum atomic E-state index is -0.310. The maximum absolute atomic E-state index is 11.6. The monoisotopic (exact) mass is 377 g/mol. The second kappa shape index (κ2) is 7.51. The molecule has 28 heavy (non-hydrogen) atoms. The first-order valence-electron chi connectivity index (χ1n) is 10.8. The van der Waals surface area contributed by atoms with Crippen LogP contribution in [0.5, 0.6) is 0 Å². The Morgan fingerprint density at radius 3 is 2.43 bits per heavy atom. The number of anilines is 1. The summed E-state index contributed by atoms with van der Waals surface area (Å²) in [6.07, 6.45) is 2.89. The molecule has 2 saturated heterocycles. The molecule has 2 heterocycles. The Morgan fingerprint density at radius 2 is 1.61 bits per heavy atom. The zero-order valence-electron chi connectivity index (χ0n) is 16.6. The smallest absolute Gasteiger partial charge is 0.0834 e. The summed E-state index contributed by atoms with van der Waals surface area (Å²) in [5.74, 6) is 0. The first-order valence-corrected chi connectivity index (χ1v) is 10.8. The van der Waals surface area contributed by atoms with Gasteiger partial charge < -0.3 is 15.3 Å². The molecule has 0 bridgehead atoms. The standard InChI is InChI=1S/C24H31N3O/c28-23-22(20-9-4-5-10-21(20)24(23)11-13-25-14-12-24)27-16-6-15-26(17-18-27)19-7-2-1-3-8-19/h1-5,7-10,22-23,25,28H,6,11-18H2/t22-,23+/m1/s1. The van der Waals surface area contributed by atoms with E-state index in [9.17, 15) is 5.11 Å². The van der Waals surface area contributed by atoms with Crippen molar-refractivity contribution in [1.29, 1.82) is 0 Å². The summed E-state index contributed by atoms with van der Waals surface area (Å²) >= 11 is 0. The molecule has 0 aromatic heterocycles. The van der Waals surface area contributed by atoms with Crippen LogP contribution in [0, 0.1) is 0 Å². The number of rotatable bonds is 2. The molecule has 3 aliphatic rings. The van der Waals surface area contributed by atoms with Gasteiger partial charge in [0, 0.05) is 37.3 Å². The maximum Gasteiger partial charge on any atom is 0.0834 e. The fourth-order valence-corrected chi connectivity index (χ4v) is 5.79. The summed E-state index contributed by atoms with van der Waals surface area (Å²) in [6, 6.07) is 19.7. The van der Waals surface area contributed by atoms with Crippen LogP contribution in [-0.2, 0) is 5.41 Å². The molecular weight excluding hydrogens is 346 g/mol. The zero-order chi connectivity index (χ0) is 19.0. The van der Waals surface area contributed by atoms with Crippen LogP contribution in [0.2, 0.25) is 0 Å². The predicted octanol–water partition coefficient (Wildman–Crippen LogP) is 2.94. The predicted molar refractivity (Wildman–Crippen MR) is 114 cm³/mol. The molecular formula is C24H31N3O. The number of aliphatic hydroxyl groups excluding tert-OH is 1. The van der Waals surface area contributed by atoms with Crippen LogP contribution in [0.15, 0.2) is 54.6 Å². The van der Waals surface area contributed by atoms with Crippen molar-refractivity contribution in [3.8, 4) is 0 Å². The van der Waals surface area contributed by atoms with Gasteiger partial charge >= 0.3 is 0 Å². The van der Waals surface area contributed by atoms with E-state index < -0.39 is 0 Å². The van der Waals surface area contributed by atoms with Gasteiger partial charge in [0.15, 0.2) is 0 Å². The third kappa shape index (κ3) is 2.95. The number of piperidine rings is 1. The molecule has 4 nitrogen and oxygen atoms in total. The Kier molecular flexibility index (Phi) is 4.87. The lowest BCUT2D eigenvalue weighted by atomic mass is 9.72. The Morgan fingerprint density at radius 1 is 0.857 bits per heavy atom. The molecule has 0 amide bonds. The second-order valence-corrected chi connectivity index (χ2v) is 8.60. The highest BCUT2D eigenvalue weighted by Gasteiger charge is 2.53. The summed E-state index contributed by atoms with van der Waals surface area (Å²) in [4.78, 5) is 5.05. The van der Waals surface area contributed by atoms with E-state index in [2.05, 4.69) is 69.7 Å². The van der Waals surface area contributed by atoms with Gasteiger partial charge in [-0.1, -0.05) is 42.5 Å². The average Bonchev–Trinajstić information content (AvgIpc) is 2.91. The van der Waals surface area contributed by atoms with Crippen LogP contribution < -0.4 is 10.2 Å². The van der Waals surface area contributed by atoms with Gasteiger partial charge in [0.05, 0.1) is 12.1 Å². The minimum absolute atomic E-state index is 0.0715. The van der Waals surface area contributed by atoms with Gasteiger partial charge in [-0.15, -0.1) is 0 Å². The number of hydrogen-bond donors (Lipinski definition) is 2. The number of nitrogens with one attached hydrogen (secondary N) is 1. The van der Waals surface area contributed by atoms with E-state index in [1.54, 1.807) is 0 Å². The highest BCUT2D eigenvalue weighted by molar-refractivity contribution is 5.47. The zero-order valence-corrected chi connectivity index (χ0v) is 16.6. The van der Waals surface area contributed by atoms with Crippen LogP contribution in [0.3, 0.4) is 0 Å². The lowest BCUT2D eigenvalue weighted by molar-refractivity contribution is 0.000250. The van der Waals surface area contributed by atoms with Crippen LogP contribution in [0.1, 0.15) is 36.4 Å². The van der Waals surface area contributed by atoms with Crippen molar-refractivity contribution in [2.24, 2.45) is 0 Å². The molecule has 2 aromatic carbocycles. The summed E-state index contributed by atoms with van der Waals surface area (Å²) < 4.78 is 0. The molecule has 2 aromatic rings. The number of nitrogens with zero attached hydrogens (tertiary/aromatic N) is 2. The van der Waals surface area contributed by atoms with Gasteiger partial charge in [0.25, 0.3) is 0 Å². The summed E-state index contributed by atoms with van der Waals surface area (Å²) in [7, 11) is 0. The Bertz CT molecular complexity index is 803. The average molecular weight is 378 g/mol. The third-order valence-corrected chi connectivity index (χ3v) is 7.22. The van der Waals surface area contributed by atoms with E-state index in [1.807, 2.05) is 0 Å². The van der Waals surface area contributed by atoms with E-state index in [1.165, 1.54) is 16.8 Å². The first-order chi connectivity index (χ1) is 13.8. The van der Waals surface area contributed by atoms with E-state index in [4.69, 9.17) is 0 Å². The fraction of sp³-hybridized carbons (Fsp3) is 0.500. The SMILES string of the molecule is O[C@H]1[C@H](N2CCCN(c3ccccc3)CC2)c2ccccc2C12CCNCC2. The second-order valence-electron chi connectivity index (χ2n) is 8.60. The van der Waals surface area contributed by atoms with Crippen molar-refractivity contribution in [3.63, 3.8) is 0 Å². The summed E-state index contributed by atoms with van der Waals surface area (Å²) in [6.45, 7) is 6.15. The molecule has 4 heteroatoms. The summed E-state index contributed by atoms with van der Waals surface area (Å²) in [5.41, 5.74) is 4.01. The Hall–Kier alpha value is -1.88. The molecule has 2 fully saturated rings. The van der Waals surface area contributed by atoms with Crippen molar-refractivity contribution in [2.75, 3.05) is 44.2 Å². The topological polar surface area (TPSA) is 38.7 Å². The number of fused-ring (bicyclic) bond motifs is 2. The van der Waals surface area contributed by atoms with Gasteiger partial charge in [0.2, 0.25) is 0 Å². The van der Waals surface area contributed by atoms with Crippen LogP contribution in [-0.4, -0.2) is 55.4 Å². The number of benzene rings is 2. The van der Waals surface area contributed by atoms with Crippen molar-refractivity contribution >= 4 is 5.69 Å². The van der Waals surface area contributed by atoms with Gasteiger partial charge in [-0.05, 0) is 55.6 Å². The minimum Gasteiger partial charge on any atom is -0.390 e. The van der Waals surface area contributed by atoms with Gasteiger partial charge in [-0.25, -0.2) is 0 Å². The number of hydrogen-bond acceptors (Lipinski definition) is 4. The molecule has 1 aliphatic carbocycles. The fourth-order valence-electron chi connectivity index (χ4n) is 5.79. The van der Waals surface area contributed by atoms with E-state index in [-0.39, 0.29) is 17.6 Å². The highest BCUT2D eigenvalue weighted by Crippen LogP contribution is 2.52. The molecule has 2 aliphatic heterocycles. The lowest BCUT2D eigenvalue weighted by Gasteiger charge is -2.40. The number of para-hydroxylation sites is 1. The molecule has 2 N–H and O–H groups in total. The lowest BCUT2D eigenvalue weighted by Crippen LogP contribution is -2.49. The van der Waals surface area contributed by atoms with Gasteiger partial charge in [-0.3, -0.25) is 4.90 Å². The molecule has 1 spiro atoms. The van der Waals surface area contributed by atoms with Crippen LogP contribution in [0.4, 0.5) is 5.69 Å². The molecule has 0 saturated carbocycles. The van der Waals surface area contributed by atoms with Crippen molar-refractivity contribution in [3.05, 3.63) is 65.7 Å². The van der Waals surface area contributed by atoms with Crippen molar-refractivity contribution in [1.82, 2.24) is 10.2 Å². The van der Waals surface area contributed by atoms with Crippen molar-refractivity contribution in [2.45, 2.75) is 36.8 Å². The third-order valence-electron chi connectivity index (χ3n) is 7.22. The van der Waals surface area contributed by atoms with Gasteiger partial charge in [-0.2, -0.15) is 0 Å². The van der Waals surface area contributed by atoms with Crippen LogP contribution in [0.25, 0.3) is 0 Å². The first kappa shape index (κ1) is 18.2. The highest BCUT2D eigenvalue weighted by atomic mass is 16.3. The molecule has 148 valence electrons. The molecule has 0 unspecified atom stereocenters. The Labute approximate surface area is 168 Å². The van der Waals surface area contributed by atoms with E-state index in [0.717, 1.165) is 58.5 Å². The van der Waals surface area contributed by atoms with Crippen LogP contribution >= 0.6 is 0 Å². The van der Waals surface area contributed by atoms with E-state index in [0.29, 0.717) is 0 Å². The van der Waals surface area contributed by atoms with Crippen molar-refractivity contribution < 1.29 is 5.11 Å². The Balaban J connectivity index is 1.41. The molecule has 0 radical (unpaired) electrons. The maximum atomic E-state index is 11.6. The normalized spacial score (nSPS) is 27.5. The quantitative estimate of drug-likeness (QED) is 0.844. The molecule has 5 rings (SSSR count). The number of aliphatic hydroxyl groups is 1. The van der Waals surface area contributed by atoms with E-state index >= 15 is 0 Å².